The van der Waals surface area contributed by atoms with Gasteiger partial charge in [-0.1, -0.05) is 12.1 Å². The van der Waals surface area contributed by atoms with Crippen LogP contribution in [0.5, 0.6) is 0 Å². The Balaban J connectivity index is 1.92. The summed E-state index contributed by atoms with van der Waals surface area (Å²) in [6, 6.07) is 8.42. The Kier molecular flexibility index (Phi) is 4.66. The monoisotopic (exact) mass is 264 g/mol. The molecule has 0 aromatic heterocycles. The lowest BCUT2D eigenvalue weighted by molar-refractivity contribution is -0.132. The minimum atomic E-state index is 0.0282. The molecular weight excluding hydrogens is 244 g/mol. The van der Waals surface area contributed by atoms with Crippen LogP contribution >= 0.6 is 11.8 Å². The second-order valence-electron chi connectivity index (χ2n) is 4.69. The maximum atomic E-state index is 12.1. The SMILES string of the molecule is CSc1ccc(CN(C)C(=O)[C@@H]2CCCN2)cc1. The fourth-order valence-electron chi connectivity index (χ4n) is 2.24. The first-order chi connectivity index (χ1) is 8.70. The van der Waals surface area contributed by atoms with Gasteiger partial charge in [0.05, 0.1) is 6.04 Å². The molecule has 18 heavy (non-hydrogen) atoms. The minimum absolute atomic E-state index is 0.0282. The second-order valence-corrected chi connectivity index (χ2v) is 5.57. The molecule has 3 nitrogen and oxygen atoms in total. The van der Waals surface area contributed by atoms with Crippen molar-refractivity contribution in [1.29, 1.82) is 0 Å². The van der Waals surface area contributed by atoms with Crippen LogP contribution in [-0.2, 0) is 11.3 Å². The smallest absolute Gasteiger partial charge is 0.239 e. The van der Waals surface area contributed by atoms with Crippen molar-refractivity contribution >= 4 is 17.7 Å². The van der Waals surface area contributed by atoms with Crippen LogP contribution in [0.15, 0.2) is 29.2 Å². The first kappa shape index (κ1) is 13.4. The molecule has 1 fully saturated rings. The third-order valence-electron chi connectivity index (χ3n) is 3.31. The zero-order valence-corrected chi connectivity index (χ0v) is 11.8. The van der Waals surface area contributed by atoms with Crippen LogP contribution < -0.4 is 5.32 Å². The standard InChI is InChI=1S/C14H20N2OS/c1-16(14(17)13-4-3-9-15-13)10-11-5-7-12(18-2)8-6-11/h5-8,13,15H,3-4,9-10H2,1-2H3/t13-/m0/s1. The fourth-order valence-corrected chi connectivity index (χ4v) is 2.65. The first-order valence-electron chi connectivity index (χ1n) is 6.32. The summed E-state index contributed by atoms with van der Waals surface area (Å²) < 4.78 is 0. The molecule has 1 amide bonds. The van der Waals surface area contributed by atoms with E-state index in [9.17, 15) is 4.79 Å². The summed E-state index contributed by atoms with van der Waals surface area (Å²) in [6.45, 7) is 1.65. The molecule has 98 valence electrons. The van der Waals surface area contributed by atoms with E-state index in [2.05, 4.69) is 35.8 Å². The number of hydrogen-bond donors (Lipinski definition) is 1. The van der Waals surface area contributed by atoms with Crippen molar-refractivity contribution < 1.29 is 4.79 Å². The van der Waals surface area contributed by atoms with Gasteiger partial charge in [-0.05, 0) is 43.3 Å². The molecule has 2 rings (SSSR count). The van der Waals surface area contributed by atoms with Crippen molar-refractivity contribution in [3.8, 4) is 0 Å². The molecule has 0 bridgehead atoms. The molecule has 1 N–H and O–H groups in total. The lowest BCUT2D eigenvalue weighted by atomic mass is 10.1. The summed E-state index contributed by atoms with van der Waals surface area (Å²) in [5.41, 5.74) is 1.18. The molecule has 4 heteroatoms. The topological polar surface area (TPSA) is 32.3 Å². The average Bonchev–Trinajstić information content (AvgIpc) is 2.92. The number of amides is 1. The summed E-state index contributed by atoms with van der Waals surface area (Å²) >= 11 is 1.73. The Hall–Kier alpha value is -1.00. The number of benzene rings is 1. The number of likely N-dealkylation sites (N-methyl/N-ethyl adjacent to an activating group) is 1. The van der Waals surface area contributed by atoms with E-state index in [1.165, 1.54) is 10.5 Å². The summed E-state index contributed by atoms with van der Waals surface area (Å²) in [4.78, 5) is 15.2. The van der Waals surface area contributed by atoms with Gasteiger partial charge in [-0.25, -0.2) is 0 Å². The predicted octanol–water partition coefficient (Wildman–Crippen LogP) is 2.12. The van der Waals surface area contributed by atoms with E-state index in [0.29, 0.717) is 6.54 Å². The van der Waals surface area contributed by atoms with Gasteiger partial charge in [0.1, 0.15) is 0 Å². The van der Waals surface area contributed by atoms with Gasteiger partial charge >= 0.3 is 0 Å². The lowest BCUT2D eigenvalue weighted by Gasteiger charge is -2.21. The number of carbonyl (C=O) groups excluding carboxylic acids is 1. The van der Waals surface area contributed by atoms with Gasteiger partial charge in [0.15, 0.2) is 0 Å². The molecule has 1 atom stereocenters. The van der Waals surface area contributed by atoms with Gasteiger partial charge in [0.2, 0.25) is 5.91 Å². The van der Waals surface area contributed by atoms with Gasteiger partial charge in [0.25, 0.3) is 0 Å². The van der Waals surface area contributed by atoms with Crippen LogP contribution in [0.4, 0.5) is 0 Å². The number of nitrogens with zero attached hydrogens (tertiary/aromatic N) is 1. The maximum Gasteiger partial charge on any atom is 0.239 e. The Morgan fingerprint density at radius 3 is 2.72 bits per heavy atom. The van der Waals surface area contributed by atoms with Gasteiger partial charge in [-0.15, -0.1) is 11.8 Å². The zero-order chi connectivity index (χ0) is 13.0. The van der Waals surface area contributed by atoms with Crippen molar-refractivity contribution in [3.05, 3.63) is 29.8 Å². The first-order valence-corrected chi connectivity index (χ1v) is 7.54. The summed E-state index contributed by atoms with van der Waals surface area (Å²) in [6.07, 6.45) is 4.14. The van der Waals surface area contributed by atoms with Crippen molar-refractivity contribution in [2.75, 3.05) is 19.8 Å². The van der Waals surface area contributed by atoms with E-state index >= 15 is 0 Å². The molecule has 1 aliphatic heterocycles. The second kappa shape index (κ2) is 6.25. The molecule has 1 aliphatic rings. The van der Waals surface area contributed by atoms with E-state index in [4.69, 9.17) is 0 Å². The van der Waals surface area contributed by atoms with Crippen LogP contribution in [0.2, 0.25) is 0 Å². The molecule has 0 aliphatic carbocycles. The van der Waals surface area contributed by atoms with Crippen LogP contribution in [0.25, 0.3) is 0 Å². The highest BCUT2D eigenvalue weighted by molar-refractivity contribution is 7.98. The highest BCUT2D eigenvalue weighted by Crippen LogP contribution is 2.16. The maximum absolute atomic E-state index is 12.1. The van der Waals surface area contributed by atoms with Crippen LogP contribution in [0, 0.1) is 0 Å². The van der Waals surface area contributed by atoms with Gasteiger partial charge in [-0.3, -0.25) is 4.79 Å². The summed E-state index contributed by atoms with van der Waals surface area (Å²) in [5, 5.41) is 3.25. The third kappa shape index (κ3) is 3.27. The quantitative estimate of drug-likeness (QED) is 0.846. The zero-order valence-electron chi connectivity index (χ0n) is 11.0. The molecule has 1 saturated heterocycles. The molecule has 1 heterocycles. The number of carbonyl (C=O) groups is 1. The molecule has 0 unspecified atom stereocenters. The molecule has 0 saturated carbocycles. The Morgan fingerprint density at radius 1 is 1.44 bits per heavy atom. The van der Waals surface area contributed by atoms with Gasteiger partial charge in [-0.2, -0.15) is 0 Å². The third-order valence-corrected chi connectivity index (χ3v) is 4.06. The van der Waals surface area contributed by atoms with Gasteiger partial charge < -0.3 is 10.2 Å². The Bertz CT molecular complexity index is 399. The minimum Gasteiger partial charge on any atom is -0.340 e. The molecule has 1 aromatic carbocycles. The van der Waals surface area contributed by atoms with E-state index in [0.717, 1.165) is 19.4 Å². The largest absolute Gasteiger partial charge is 0.340 e. The van der Waals surface area contributed by atoms with Gasteiger partial charge in [0, 0.05) is 18.5 Å². The summed E-state index contributed by atoms with van der Waals surface area (Å²) in [5.74, 6) is 0.210. The van der Waals surface area contributed by atoms with Crippen molar-refractivity contribution in [2.45, 2.75) is 30.3 Å². The highest BCUT2D eigenvalue weighted by Gasteiger charge is 2.24. The van der Waals surface area contributed by atoms with E-state index in [-0.39, 0.29) is 11.9 Å². The summed E-state index contributed by atoms with van der Waals surface area (Å²) in [7, 11) is 1.88. The highest BCUT2D eigenvalue weighted by atomic mass is 32.2. The van der Waals surface area contributed by atoms with Crippen LogP contribution in [0.3, 0.4) is 0 Å². The van der Waals surface area contributed by atoms with Crippen LogP contribution in [-0.4, -0.2) is 36.7 Å². The van der Waals surface area contributed by atoms with Crippen LogP contribution in [0.1, 0.15) is 18.4 Å². The number of rotatable bonds is 4. The van der Waals surface area contributed by atoms with E-state index < -0.39 is 0 Å². The normalized spacial score (nSPS) is 18.9. The Morgan fingerprint density at radius 2 is 2.17 bits per heavy atom. The van der Waals surface area contributed by atoms with Crippen molar-refractivity contribution in [2.24, 2.45) is 0 Å². The van der Waals surface area contributed by atoms with Crippen molar-refractivity contribution in [3.63, 3.8) is 0 Å². The van der Waals surface area contributed by atoms with Crippen molar-refractivity contribution in [1.82, 2.24) is 10.2 Å². The number of nitrogens with one attached hydrogen (secondary N) is 1. The molecule has 0 radical (unpaired) electrons. The average molecular weight is 264 g/mol. The number of thioether (sulfide) groups is 1. The molecule has 1 aromatic rings. The van der Waals surface area contributed by atoms with E-state index in [1.54, 1.807) is 11.8 Å². The molecular formula is C14H20N2OS. The molecule has 0 spiro atoms. The fraction of sp³-hybridized carbons (Fsp3) is 0.500. The van der Waals surface area contributed by atoms with E-state index in [1.807, 2.05) is 11.9 Å². The predicted molar refractivity (Wildman–Crippen MR) is 75.7 cm³/mol. The number of hydrogen-bond acceptors (Lipinski definition) is 3. The lowest BCUT2D eigenvalue weighted by Crippen LogP contribution is -2.41. The Labute approximate surface area is 113 Å².